The largest absolute Gasteiger partial charge is 0.383 e. The number of aryl methyl sites for hydroxylation is 1. The number of ether oxygens (including phenoxy) is 1. The zero-order chi connectivity index (χ0) is 12.1. The maximum Gasteiger partial charge on any atom is 0.203 e. The number of anilines is 1. The van der Waals surface area contributed by atoms with Crippen LogP contribution in [-0.2, 0) is 17.8 Å². The van der Waals surface area contributed by atoms with Crippen molar-refractivity contribution in [2.75, 3.05) is 19.0 Å². The predicted octanol–water partition coefficient (Wildman–Crippen LogP) is 2.51. The smallest absolute Gasteiger partial charge is 0.203 e. The van der Waals surface area contributed by atoms with Crippen LogP contribution in [-0.4, -0.2) is 23.3 Å². The van der Waals surface area contributed by atoms with Crippen molar-refractivity contribution in [3.8, 4) is 0 Å². The third-order valence-corrected chi connectivity index (χ3v) is 3.20. The molecule has 0 bridgehead atoms. The lowest BCUT2D eigenvalue weighted by Gasteiger charge is -2.08. The number of nitrogens with one attached hydrogen (secondary N) is 1. The molecule has 5 heteroatoms. The maximum absolute atomic E-state index is 5.09. The van der Waals surface area contributed by atoms with Crippen LogP contribution in [0.1, 0.15) is 11.3 Å². The molecule has 0 atom stereocenters. The lowest BCUT2D eigenvalue weighted by atomic mass is 10.3. The second-order valence-electron chi connectivity index (χ2n) is 3.88. The van der Waals surface area contributed by atoms with Crippen LogP contribution in [0.25, 0.3) is 0 Å². The van der Waals surface area contributed by atoms with Gasteiger partial charge in [0.2, 0.25) is 5.95 Å². The van der Waals surface area contributed by atoms with Crippen molar-refractivity contribution in [2.45, 2.75) is 20.0 Å². The molecule has 2 heterocycles. The third-order valence-electron chi connectivity index (χ3n) is 2.46. The second-order valence-corrected chi connectivity index (χ2v) is 4.66. The van der Waals surface area contributed by atoms with Gasteiger partial charge in [0.25, 0.3) is 0 Å². The summed E-state index contributed by atoms with van der Waals surface area (Å²) >= 11 is 1.71. The first-order chi connectivity index (χ1) is 8.29. The van der Waals surface area contributed by atoms with Crippen molar-refractivity contribution in [3.63, 3.8) is 0 Å². The molecule has 0 amide bonds. The molecule has 0 aliphatic rings. The molecule has 17 heavy (non-hydrogen) atoms. The molecule has 92 valence electrons. The fourth-order valence-corrected chi connectivity index (χ4v) is 2.29. The minimum atomic E-state index is 0.697. The zero-order valence-corrected chi connectivity index (χ0v) is 11.0. The van der Waals surface area contributed by atoms with Gasteiger partial charge in [-0.2, -0.15) is 11.3 Å². The summed E-state index contributed by atoms with van der Waals surface area (Å²) < 4.78 is 7.17. The zero-order valence-electron chi connectivity index (χ0n) is 10.1. The maximum atomic E-state index is 5.09. The first-order valence-electron chi connectivity index (χ1n) is 5.57. The van der Waals surface area contributed by atoms with E-state index in [-0.39, 0.29) is 0 Å². The molecule has 0 aliphatic heterocycles. The lowest BCUT2D eigenvalue weighted by Crippen LogP contribution is -2.09. The lowest BCUT2D eigenvalue weighted by molar-refractivity contribution is 0.187. The van der Waals surface area contributed by atoms with Gasteiger partial charge in [0.1, 0.15) is 0 Å². The van der Waals surface area contributed by atoms with Gasteiger partial charge in [0, 0.05) is 26.4 Å². The first kappa shape index (κ1) is 12.1. The minimum Gasteiger partial charge on any atom is -0.383 e. The molecule has 0 aliphatic carbocycles. The molecule has 0 fully saturated rings. The van der Waals surface area contributed by atoms with E-state index >= 15 is 0 Å². The van der Waals surface area contributed by atoms with E-state index < -0.39 is 0 Å². The van der Waals surface area contributed by atoms with Crippen molar-refractivity contribution < 1.29 is 4.74 Å². The monoisotopic (exact) mass is 251 g/mol. The van der Waals surface area contributed by atoms with Gasteiger partial charge < -0.3 is 14.6 Å². The third kappa shape index (κ3) is 3.31. The SMILES string of the molecule is COCCn1cc(C)nc1NCc1ccsc1. The Labute approximate surface area is 105 Å². The number of rotatable bonds is 6. The summed E-state index contributed by atoms with van der Waals surface area (Å²) in [6.07, 6.45) is 2.04. The number of hydrogen-bond donors (Lipinski definition) is 1. The van der Waals surface area contributed by atoms with Gasteiger partial charge >= 0.3 is 0 Å². The molecule has 2 aromatic heterocycles. The highest BCUT2D eigenvalue weighted by atomic mass is 32.1. The highest BCUT2D eigenvalue weighted by Crippen LogP contribution is 2.12. The second kappa shape index (κ2) is 5.84. The number of nitrogens with zero attached hydrogens (tertiary/aromatic N) is 2. The number of methoxy groups -OCH3 is 1. The van der Waals surface area contributed by atoms with Crippen LogP contribution in [0.15, 0.2) is 23.0 Å². The standard InChI is InChI=1S/C12H17N3OS/c1-10-8-15(4-5-16-2)12(14-10)13-7-11-3-6-17-9-11/h3,6,8-9H,4-5,7H2,1-2H3,(H,13,14). The van der Waals surface area contributed by atoms with E-state index in [1.54, 1.807) is 18.4 Å². The van der Waals surface area contributed by atoms with Gasteiger partial charge in [0.15, 0.2) is 0 Å². The fourth-order valence-electron chi connectivity index (χ4n) is 1.62. The van der Waals surface area contributed by atoms with Crippen LogP contribution in [0.3, 0.4) is 0 Å². The molecular weight excluding hydrogens is 234 g/mol. The number of hydrogen-bond acceptors (Lipinski definition) is 4. The molecule has 0 radical (unpaired) electrons. The van der Waals surface area contributed by atoms with Crippen LogP contribution in [0, 0.1) is 6.92 Å². The minimum absolute atomic E-state index is 0.697. The number of aromatic nitrogens is 2. The molecule has 2 aromatic rings. The summed E-state index contributed by atoms with van der Waals surface area (Å²) in [6, 6.07) is 2.12. The summed E-state index contributed by atoms with van der Waals surface area (Å²) in [6.45, 7) is 4.33. The Hall–Kier alpha value is -1.33. The molecular formula is C12H17N3OS. The Balaban J connectivity index is 1.99. The summed E-state index contributed by atoms with van der Waals surface area (Å²) in [5.41, 5.74) is 2.31. The predicted molar refractivity (Wildman–Crippen MR) is 70.5 cm³/mol. The Bertz CT molecular complexity index is 450. The van der Waals surface area contributed by atoms with Crippen molar-refractivity contribution in [1.29, 1.82) is 0 Å². The Morgan fingerprint density at radius 3 is 3.12 bits per heavy atom. The van der Waals surface area contributed by atoms with Crippen molar-refractivity contribution in [2.24, 2.45) is 0 Å². The fraction of sp³-hybridized carbons (Fsp3) is 0.417. The van der Waals surface area contributed by atoms with Crippen LogP contribution in [0.5, 0.6) is 0 Å². The molecule has 0 aromatic carbocycles. The molecule has 0 saturated carbocycles. The molecule has 2 rings (SSSR count). The van der Waals surface area contributed by atoms with Crippen LogP contribution in [0.2, 0.25) is 0 Å². The average molecular weight is 251 g/mol. The number of imidazole rings is 1. The van der Waals surface area contributed by atoms with Gasteiger partial charge in [0.05, 0.1) is 12.3 Å². The summed E-state index contributed by atoms with van der Waals surface area (Å²) in [7, 11) is 1.71. The highest BCUT2D eigenvalue weighted by Gasteiger charge is 2.04. The van der Waals surface area contributed by atoms with Crippen LogP contribution in [0.4, 0.5) is 5.95 Å². The van der Waals surface area contributed by atoms with Crippen molar-refractivity contribution in [3.05, 3.63) is 34.3 Å². The molecule has 0 unspecified atom stereocenters. The van der Waals surface area contributed by atoms with E-state index in [1.807, 2.05) is 13.1 Å². The van der Waals surface area contributed by atoms with E-state index in [0.29, 0.717) is 6.61 Å². The molecule has 4 nitrogen and oxygen atoms in total. The van der Waals surface area contributed by atoms with E-state index in [0.717, 1.165) is 24.7 Å². The van der Waals surface area contributed by atoms with E-state index in [4.69, 9.17) is 4.74 Å². The van der Waals surface area contributed by atoms with Gasteiger partial charge in [-0.3, -0.25) is 0 Å². The Morgan fingerprint density at radius 1 is 1.53 bits per heavy atom. The van der Waals surface area contributed by atoms with Crippen molar-refractivity contribution in [1.82, 2.24) is 9.55 Å². The topological polar surface area (TPSA) is 39.1 Å². The molecule has 0 saturated heterocycles. The Morgan fingerprint density at radius 2 is 2.41 bits per heavy atom. The average Bonchev–Trinajstić information content (AvgIpc) is 2.93. The highest BCUT2D eigenvalue weighted by molar-refractivity contribution is 7.07. The molecule has 0 spiro atoms. The summed E-state index contributed by atoms with van der Waals surface area (Å²) in [5, 5.41) is 7.57. The summed E-state index contributed by atoms with van der Waals surface area (Å²) in [4.78, 5) is 4.46. The van der Waals surface area contributed by atoms with Gasteiger partial charge in [-0.15, -0.1) is 0 Å². The van der Waals surface area contributed by atoms with Gasteiger partial charge in [-0.05, 0) is 29.3 Å². The van der Waals surface area contributed by atoms with Gasteiger partial charge in [-0.25, -0.2) is 4.98 Å². The van der Waals surface area contributed by atoms with Gasteiger partial charge in [-0.1, -0.05) is 0 Å². The van der Waals surface area contributed by atoms with E-state index in [9.17, 15) is 0 Å². The summed E-state index contributed by atoms with van der Waals surface area (Å²) in [5.74, 6) is 0.908. The first-order valence-corrected chi connectivity index (χ1v) is 6.51. The normalized spacial score (nSPS) is 10.7. The number of thiophene rings is 1. The van der Waals surface area contributed by atoms with E-state index in [1.165, 1.54) is 5.56 Å². The molecule has 1 N–H and O–H groups in total. The van der Waals surface area contributed by atoms with E-state index in [2.05, 4.69) is 31.7 Å². The Kier molecular flexibility index (Phi) is 4.17. The van der Waals surface area contributed by atoms with Crippen molar-refractivity contribution >= 4 is 17.3 Å². The van der Waals surface area contributed by atoms with Crippen LogP contribution >= 0.6 is 11.3 Å². The quantitative estimate of drug-likeness (QED) is 0.857. The van der Waals surface area contributed by atoms with Crippen LogP contribution < -0.4 is 5.32 Å².